The van der Waals surface area contributed by atoms with Crippen LogP contribution in [0, 0.1) is 0 Å². The molecule has 0 aromatic heterocycles. The van der Waals surface area contributed by atoms with Gasteiger partial charge in [-0.1, -0.05) is 12.2 Å². The van der Waals surface area contributed by atoms with Crippen molar-refractivity contribution in [2.24, 2.45) is 4.99 Å². The van der Waals surface area contributed by atoms with Crippen molar-refractivity contribution >= 4 is 17.4 Å². The summed E-state index contributed by atoms with van der Waals surface area (Å²) in [6.07, 6.45) is 5.72. The molecule has 0 N–H and O–H groups in total. The number of hydrogen-bond donors (Lipinski definition) is 0. The van der Waals surface area contributed by atoms with E-state index in [9.17, 15) is 0 Å². The van der Waals surface area contributed by atoms with Crippen LogP contribution in [0.15, 0.2) is 28.9 Å². The number of isothiocyanates is 1. The van der Waals surface area contributed by atoms with Crippen LogP contribution in [-0.4, -0.2) is 5.16 Å². The van der Waals surface area contributed by atoms with Crippen LogP contribution in [-0.2, 0) is 0 Å². The number of allylic oxidation sites excluding steroid dienone is 4. The monoisotopic (exact) mass is 139 g/mol. The fourth-order valence-corrected chi connectivity index (χ4v) is 0.489. The maximum atomic E-state index is 4.40. The van der Waals surface area contributed by atoms with Crippen LogP contribution < -0.4 is 0 Å². The van der Waals surface area contributed by atoms with Crippen molar-refractivity contribution in [1.82, 2.24) is 0 Å². The molecule has 0 aliphatic heterocycles. The molecule has 0 radical (unpaired) electrons. The van der Waals surface area contributed by atoms with Crippen molar-refractivity contribution in [2.45, 2.75) is 13.8 Å². The quantitative estimate of drug-likeness (QED) is 0.325. The van der Waals surface area contributed by atoms with Gasteiger partial charge in [0.05, 0.1) is 5.16 Å². The van der Waals surface area contributed by atoms with E-state index in [1.807, 2.05) is 32.1 Å². The van der Waals surface area contributed by atoms with Gasteiger partial charge in [-0.05, 0) is 32.1 Å². The van der Waals surface area contributed by atoms with E-state index in [1.165, 1.54) is 0 Å². The molecule has 9 heavy (non-hydrogen) atoms. The fourth-order valence-electron chi connectivity index (χ4n) is 0.345. The lowest BCUT2D eigenvalue weighted by atomic mass is 10.4. The third-order valence-electron chi connectivity index (χ3n) is 0.752. The molecule has 0 rings (SSSR count). The van der Waals surface area contributed by atoms with Gasteiger partial charge >= 0.3 is 0 Å². The van der Waals surface area contributed by atoms with Crippen molar-refractivity contribution < 1.29 is 0 Å². The van der Waals surface area contributed by atoms with Crippen molar-refractivity contribution in [2.75, 3.05) is 0 Å². The second-order valence-corrected chi connectivity index (χ2v) is 1.72. The summed E-state index contributed by atoms with van der Waals surface area (Å²) in [7, 11) is 0. The smallest absolute Gasteiger partial charge is 0.0637 e. The molecule has 0 aromatic carbocycles. The number of rotatable bonds is 2. The lowest BCUT2D eigenvalue weighted by Gasteiger charge is -1.80. The maximum absolute atomic E-state index is 4.40. The van der Waals surface area contributed by atoms with Crippen LogP contribution in [0.4, 0.5) is 0 Å². The van der Waals surface area contributed by atoms with Gasteiger partial charge in [0.15, 0.2) is 0 Å². The Bertz CT molecular complexity index is 173. The minimum absolute atomic E-state index is 0.878. The molecule has 0 fully saturated rings. The molecule has 1 nitrogen and oxygen atoms in total. The van der Waals surface area contributed by atoms with Crippen LogP contribution in [0.2, 0.25) is 0 Å². The zero-order valence-corrected chi connectivity index (χ0v) is 6.40. The first-order chi connectivity index (χ1) is 4.31. The lowest BCUT2D eigenvalue weighted by Crippen LogP contribution is -1.62. The van der Waals surface area contributed by atoms with E-state index in [4.69, 9.17) is 0 Å². The summed E-state index contributed by atoms with van der Waals surface area (Å²) in [6, 6.07) is 0. The first kappa shape index (κ1) is 8.28. The van der Waals surface area contributed by atoms with Gasteiger partial charge < -0.3 is 0 Å². The molecule has 0 saturated heterocycles. The largest absolute Gasteiger partial charge is 0.200 e. The van der Waals surface area contributed by atoms with Gasteiger partial charge in [0.2, 0.25) is 0 Å². The Kier molecular flexibility index (Phi) is 4.98. The third kappa shape index (κ3) is 5.15. The first-order valence-corrected chi connectivity index (χ1v) is 3.09. The average molecular weight is 139 g/mol. The van der Waals surface area contributed by atoms with E-state index >= 15 is 0 Å². The van der Waals surface area contributed by atoms with Crippen LogP contribution in [0.5, 0.6) is 0 Å². The van der Waals surface area contributed by atoms with E-state index in [0.29, 0.717) is 0 Å². The van der Waals surface area contributed by atoms with E-state index in [-0.39, 0.29) is 0 Å². The van der Waals surface area contributed by atoms with Gasteiger partial charge in [-0.25, -0.2) is 0 Å². The van der Waals surface area contributed by atoms with E-state index in [0.717, 1.165) is 5.70 Å². The molecule has 0 aliphatic rings. The Morgan fingerprint density at radius 3 is 2.78 bits per heavy atom. The molecular weight excluding hydrogens is 130 g/mol. The minimum Gasteiger partial charge on any atom is -0.200 e. The zero-order chi connectivity index (χ0) is 7.11. The summed E-state index contributed by atoms with van der Waals surface area (Å²) < 4.78 is 0. The Morgan fingerprint density at radius 2 is 2.33 bits per heavy atom. The molecule has 48 valence electrons. The Morgan fingerprint density at radius 1 is 1.67 bits per heavy atom. The Hall–Kier alpha value is -0.720. The van der Waals surface area contributed by atoms with Crippen LogP contribution in [0.3, 0.4) is 0 Å². The van der Waals surface area contributed by atoms with Crippen LogP contribution in [0.1, 0.15) is 13.8 Å². The van der Waals surface area contributed by atoms with E-state index < -0.39 is 0 Å². The average Bonchev–Trinajstić information content (AvgIpc) is 1.85. The van der Waals surface area contributed by atoms with E-state index in [1.54, 1.807) is 0 Å². The summed E-state index contributed by atoms with van der Waals surface area (Å²) in [5.74, 6) is 0. The molecular formula is C7H9NS. The van der Waals surface area contributed by atoms with Gasteiger partial charge in [-0.15, -0.1) is 0 Å². The highest BCUT2D eigenvalue weighted by Gasteiger charge is 1.73. The molecule has 0 aliphatic carbocycles. The highest BCUT2D eigenvalue weighted by Crippen LogP contribution is 1.91. The minimum atomic E-state index is 0.878. The summed E-state index contributed by atoms with van der Waals surface area (Å²) in [5, 5.41) is 2.28. The maximum Gasteiger partial charge on any atom is 0.0637 e. The Balaban J connectivity index is 3.99. The first-order valence-electron chi connectivity index (χ1n) is 2.68. The predicted molar refractivity (Wildman–Crippen MR) is 43.6 cm³/mol. The van der Waals surface area contributed by atoms with Crippen LogP contribution in [0.25, 0.3) is 0 Å². The second-order valence-electron chi connectivity index (χ2n) is 1.54. The SMILES string of the molecule is C/C=C\C=C(/C)N=C=S. The molecule has 2 heteroatoms. The molecule has 0 amide bonds. The van der Waals surface area contributed by atoms with Gasteiger partial charge in [-0.2, -0.15) is 4.99 Å². The zero-order valence-electron chi connectivity index (χ0n) is 5.59. The van der Waals surface area contributed by atoms with Gasteiger partial charge in [0, 0.05) is 5.70 Å². The van der Waals surface area contributed by atoms with Crippen molar-refractivity contribution in [3.8, 4) is 0 Å². The highest BCUT2D eigenvalue weighted by molar-refractivity contribution is 7.78. The van der Waals surface area contributed by atoms with Crippen molar-refractivity contribution in [3.05, 3.63) is 23.9 Å². The number of nitrogens with zero attached hydrogens (tertiary/aromatic N) is 1. The summed E-state index contributed by atoms with van der Waals surface area (Å²) in [6.45, 7) is 3.82. The molecule has 0 unspecified atom stereocenters. The highest BCUT2D eigenvalue weighted by atomic mass is 32.1. The molecule has 0 spiro atoms. The molecule has 0 atom stereocenters. The number of hydrogen-bond acceptors (Lipinski definition) is 2. The van der Waals surface area contributed by atoms with Crippen molar-refractivity contribution in [1.29, 1.82) is 0 Å². The number of thiocarbonyl (C=S) groups is 1. The van der Waals surface area contributed by atoms with Gasteiger partial charge in [0.1, 0.15) is 0 Å². The normalized spacial score (nSPS) is 11.6. The summed E-state index contributed by atoms with van der Waals surface area (Å²) in [5.41, 5.74) is 0.878. The van der Waals surface area contributed by atoms with Gasteiger partial charge in [0.25, 0.3) is 0 Å². The number of aliphatic imine (C=N–C) groups is 1. The molecule has 0 saturated carbocycles. The predicted octanol–water partition coefficient (Wildman–Crippen LogP) is 2.57. The molecule has 0 aromatic rings. The Labute approximate surface area is 60.8 Å². The molecule has 0 heterocycles. The van der Waals surface area contributed by atoms with Gasteiger partial charge in [-0.3, -0.25) is 0 Å². The summed E-state index contributed by atoms with van der Waals surface area (Å²) in [4.78, 5) is 3.74. The third-order valence-corrected chi connectivity index (χ3v) is 0.843. The topological polar surface area (TPSA) is 12.4 Å². The fraction of sp³-hybridized carbons (Fsp3) is 0.286. The standard InChI is InChI=1S/C7H9NS/c1-3-4-5-7(2)8-6-9/h3-5H,1-2H3/b4-3-,7-5+. The lowest BCUT2D eigenvalue weighted by molar-refractivity contribution is 1.32. The van der Waals surface area contributed by atoms with Crippen LogP contribution >= 0.6 is 12.2 Å². The van der Waals surface area contributed by atoms with E-state index in [2.05, 4.69) is 22.4 Å². The second kappa shape index (κ2) is 5.42. The summed E-state index contributed by atoms with van der Waals surface area (Å²) >= 11 is 4.40. The molecule has 0 bridgehead atoms. The van der Waals surface area contributed by atoms with Crippen molar-refractivity contribution in [3.63, 3.8) is 0 Å².